The van der Waals surface area contributed by atoms with Crippen molar-refractivity contribution in [2.75, 3.05) is 0 Å². The van der Waals surface area contributed by atoms with Gasteiger partial charge in [-0.25, -0.2) is 4.98 Å². The number of nitrogens with zero attached hydrogens (tertiary/aromatic N) is 2. The number of benzene rings is 3. The zero-order valence-corrected chi connectivity index (χ0v) is 13.8. The lowest BCUT2D eigenvalue weighted by molar-refractivity contribution is 0.474. The predicted octanol–water partition coefficient (Wildman–Crippen LogP) is 4.99. The topological polar surface area (TPSA) is 61.3 Å². The van der Waals surface area contributed by atoms with Gasteiger partial charge < -0.3 is 10.1 Å². The SMILES string of the molecule is Cc1ccc(O)c(C=Nc2ccc3nc(-c4ccccc4)[nH]c3c2)c1. The maximum Gasteiger partial charge on any atom is 0.138 e. The molecule has 0 radical (unpaired) electrons. The molecule has 122 valence electrons. The number of phenols is 1. The molecule has 4 aromatic rings. The van der Waals surface area contributed by atoms with Gasteiger partial charge in [-0.3, -0.25) is 4.99 Å². The second-order valence-corrected chi connectivity index (χ2v) is 5.97. The number of phenolic OH excluding ortho intramolecular Hbond substituents is 1. The standard InChI is InChI=1S/C21H17N3O/c1-14-7-10-20(25)16(11-14)13-22-17-8-9-18-19(12-17)24-21(23-18)15-5-3-2-4-6-15/h2-13,25H,1H3,(H,23,24). The minimum Gasteiger partial charge on any atom is -0.507 e. The summed E-state index contributed by atoms with van der Waals surface area (Å²) in [6, 6.07) is 21.3. The lowest BCUT2D eigenvalue weighted by atomic mass is 10.1. The van der Waals surface area contributed by atoms with E-state index in [1.54, 1.807) is 12.3 Å². The van der Waals surface area contributed by atoms with E-state index in [0.29, 0.717) is 5.56 Å². The number of imidazole rings is 1. The highest BCUT2D eigenvalue weighted by molar-refractivity contribution is 5.87. The van der Waals surface area contributed by atoms with Gasteiger partial charge in [-0.05, 0) is 37.3 Å². The molecule has 0 aliphatic carbocycles. The molecule has 0 fully saturated rings. The minimum absolute atomic E-state index is 0.225. The summed E-state index contributed by atoms with van der Waals surface area (Å²) in [6.07, 6.45) is 1.68. The lowest BCUT2D eigenvalue weighted by Gasteiger charge is -2.00. The van der Waals surface area contributed by atoms with Crippen LogP contribution < -0.4 is 0 Å². The summed E-state index contributed by atoms with van der Waals surface area (Å²) in [7, 11) is 0. The van der Waals surface area contributed by atoms with Crippen LogP contribution in [0.4, 0.5) is 5.69 Å². The Bertz CT molecular complexity index is 1070. The molecule has 4 rings (SSSR count). The molecular formula is C21H17N3O. The Morgan fingerprint density at radius 1 is 1.00 bits per heavy atom. The third-order valence-electron chi connectivity index (χ3n) is 4.05. The zero-order chi connectivity index (χ0) is 17.2. The number of aromatic hydroxyl groups is 1. The first-order valence-electron chi connectivity index (χ1n) is 8.08. The third-order valence-corrected chi connectivity index (χ3v) is 4.05. The number of hydrogen-bond acceptors (Lipinski definition) is 3. The molecule has 0 saturated heterocycles. The Balaban J connectivity index is 1.67. The average Bonchev–Trinajstić information content (AvgIpc) is 3.06. The van der Waals surface area contributed by atoms with E-state index in [0.717, 1.165) is 33.7 Å². The molecule has 2 N–H and O–H groups in total. The molecule has 4 heteroatoms. The Morgan fingerprint density at radius 3 is 2.68 bits per heavy atom. The van der Waals surface area contributed by atoms with Crippen molar-refractivity contribution >= 4 is 22.9 Å². The van der Waals surface area contributed by atoms with Gasteiger partial charge in [-0.2, -0.15) is 0 Å². The number of aromatic nitrogens is 2. The fourth-order valence-corrected chi connectivity index (χ4v) is 2.73. The van der Waals surface area contributed by atoms with Crippen LogP contribution in [0.3, 0.4) is 0 Å². The second kappa shape index (κ2) is 6.24. The molecule has 0 spiro atoms. The molecule has 25 heavy (non-hydrogen) atoms. The van der Waals surface area contributed by atoms with E-state index < -0.39 is 0 Å². The van der Waals surface area contributed by atoms with E-state index in [-0.39, 0.29) is 5.75 Å². The molecule has 0 atom stereocenters. The number of aryl methyl sites for hydroxylation is 1. The molecule has 0 aliphatic heterocycles. The van der Waals surface area contributed by atoms with Crippen molar-refractivity contribution in [3.63, 3.8) is 0 Å². The molecular weight excluding hydrogens is 310 g/mol. The van der Waals surface area contributed by atoms with Crippen LogP contribution in [0.25, 0.3) is 22.4 Å². The van der Waals surface area contributed by atoms with Gasteiger partial charge in [-0.1, -0.05) is 42.0 Å². The number of H-pyrrole nitrogens is 1. The van der Waals surface area contributed by atoms with Gasteiger partial charge >= 0.3 is 0 Å². The van der Waals surface area contributed by atoms with Gasteiger partial charge in [0.25, 0.3) is 0 Å². The number of fused-ring (bicyclic) bond motifs is 1. The maximum absolute atomic E-state index is 9.91. The van der Waals surface area contributed by atoms with Crippen molar-refractivity contribution in [1.29, 1.82) is 0 Å². The van der Waals surface area contributed by atoms with Crippen molar-refractivity contribution in [3.05, 3.63) is 77.9 Å². The summed E-state index contributed by atoms with van der Waals surface area (Å²) in [5, 5.41) is 9.91. The minimum atomic E-state index is 0.225. The molecule has 1 heterocycles. The fraction of sp³-hybridized carbons (Fsp3) is 0.0476. The van der Waals surface area contributed by atoms with E-state index in [1.807, 2.05) is 67.6 Å². The first kappa shape index (κ1) is 15.1. The molecule has 0 saturated carbocycles. The highest BCUT2D eigenvalue weighted by Crippen LogP contribution is 2.24. The van der Waals surface area contributed by atoms with Crippen LogP contribution in [0.2, 0.25) is 0 Å². The van der Waals surface area contributed by atoms with Crippen molar-refractivity contribution in [3.8, 4) is 17.1 Å². The zero-order valence-electron chi connectivity index (χ0n) is 13.8. The smallest absolute Gasteiger partial charge is 0.138 e. The Kier molecular flexibility index (Phi) is 3.78. The average molecular weight is 327 g/mol. The van der Waals surface area contributed by atoms with Crippen LogP contribution in [0.1, 0.15) is 11.1 Å². The van der Waals surface area contributed by atoms with Gasteiger partial charge in [-0.15, -0.1) is 0 Å². The molecule has 1 aromatic heterocycles. The van der Waals surface area contributed by atoms with Gasteiger partial charge in [0.1, 0.15) is 11.6 Å². The third kappa shape index (κ3) is 3.15. The van der Waals surface area contributed by atoms with E-state index in [1.165, 1.54) is 0 Å². The molecule has 4 nitrogen and oxygen atoms in total. The summed E-state index contributed by atoms with van der Waals surface area (Å²) >= 11 is 0. The van der Waals surface area contributed by atoms with Gasteiger partial charge in [0, 0.05) is 17.3 Å². The Labute approximate surface area is 145 Å². The fourth-order valence-electron chi connectivity index (χ4n) is 2.73. The van der Waals surface area contributed by atoms with Crippen molar-refractivity contribution in [1.82, 2.24) is 9.97 Å². The second-order valence-electron chi connectivity index (χ2n) is 5.97. The van der Waals surface area contributed by atoms with Crippen LogP contribution in [0.5, 0.6) is 5.75 Å². The molecule has 0 aliphatic rings. The number of aliphatic imine (C=N–C) groups is 1. The normalized spacial score (nSPS) is 11.4. The van der Waals surface area contributed by atoms with Crippen LogP contribution in [0.15, 0.2) is 71.7 Å². The van der Waals surface area contributed by atoms with E-state index in [4.69, 9.17) is 0 Å². The first-order valence-corrected chi connectivity index (χ1v) is 8.08. The Hall–Kier alpha value is -3.40. The van der Waals surface area contributed by atoms with Crippen LogP contribution in [-0.4, -0.2) is 21.3 Å². The molecule has 0 unspecified atom stereocenters. The summed E-state index contributed by atoms with van der Waals surface area (Å²) < 4.78 is 0. The summed E-state index contributed by atoms with van der Waals surface area (Å²) in [4.78, 5) is 12.4. The van der Waals surface area contributed by atoms with Gasteiger partial charge in [0.2, 0.25) is 0 Å². The van der Waals surface area contributed by atoms with Crippen LogP contribution >= 0.6 is 0 Å². The highest BCUT2D eigenvalue weighted by Gasteiger charge is 2.05. The number of rotatable bonds is 3. The van der Waals surface area contributed by atoms with Crippen LogP contribution in [0, 0.1) is 6.92 Å². The molecule has 0 bridgehead atoms. The van der Waals surface area contributed by atoms with E-state index >= 15 is 0 Å². The summed E-state index contributed by atoms with van der Waals surface area (Å²) in [5.74, 6) is 1.07. The van der Waals surface area contributed by atoms with Gasteiger partial charge in [0.05, 0.1) is 16.7 Å². The predicted molar refractivity (Wildman–Crippen MR) is 102 cm³/mol. The van der Waals surface area contributed by atoms with E-state index in [2.05, 4.69) is 15.0 Å². The quantitative estimate of drug-likeness (QED) is 0.520. The largest absolute Gasteiger partial charge is 0.507 e. The maximum atomic E-state index is 9.91. The van der Waals surface area contributed by atoms with E-state index in [9.17, 15) is 5.11 Å². The Morgan fingerprint density at radius 2 is 1.84 bits per heavy atom. The first-order chi connectivity index (χ1) is 12.2. The summed E-state index contributed by atoms with van der Waals surface area (Å²) in [6.45, 7) is 1.98. The number of aromatic amines is 1. The number of hydrogen-bond donors (Lipinski definition) is 2. The van der Waals surface area contributed by atoms with Crippen molar-refractivity contribution < 1.29 is 5.11 Å². The lowest BCUT2D eigenvalue weighted by Crippen LogP contribution is -1.83. The summed E-state index contributed by atoms with van der Waals surface area (Å²) in [5.41, 5.74) is 5.47. The monoisotopic (exact) mass is 327 g/mol. The highest BCUT2D eigenvalue weighted by atomic mass is 16.3. The van der Waals surface area contributed by atoms with Gasteiger partial charge in [0.15, 0.2) is 0 Å². The molecule has 0 amide bonds. The van der Waals surface area contributed by atoms with Crippen LogP contribution in [-0.2, 0) is 0 Å². The molecule has 3 aromatic carbocycles. The van der Waals surface area contributed by atoms with Crippen molar-refractivity contribution in [2.24, 2.45) is 4.99 Å². The number of nitrogens with one attached hydrogen (secondary N) is 1. The van der Waals surface area contributed by atoms with Crippen molar-refractivity contribution in [2.45, 2.75) is 6.92 Å².